The lowest BCUT2D eigenvalue weighted by atomic mass is 9.92. The summed E-state index contributed by atoms with van der Waals surface area (Å²) in [7, 11) is 0. The molecule has 4 aromatic rings. The van der Waals surface area contributed by atoms with Crippen LogP contribution in [0.15, 0.2) is 36.7 Å². The van der Waals surface area contributed by atoms with Crippen LogP contribution in [0.3, 0.4) is 0 Å². The van der Waals surface area contributed by atoms with Crippen molar-refractivity contribution in [3.05, 3.63) is 59.6 Å². The summed E-state index contributed by atoms with van der Waals surface area (Å²) in [4.78, 5) is 14.3. The van der Waals surface area contributed by atoms with Gasteiger partial charge in [-0.3, -0.25) is 0 Å². The lowest BCUT2D eigenvalue weighted by Crippen LogP contribution is -2.16. The molecule has 3 heterocycles. The summed E-state index contributed by atoms with van der Waals surface area (Å²) in [5.74, 6) is -3.38. The van der Waals surface area contributed by atoms with Gasteiger partial charge in [-0.2, -0.15) is 18.2 Å². The van der Waals surface area contributed by atoms with E-state index in [0.717, 1.165) is 24.4 Å². The number of rotatable bonds is 4. The molecular weight excluding hydrogens is 459 g/mol. The Morgan fingerprint density at radius 3 is 2.32 bits per heavy atom. The van der Waals surface area contributed by atoms with Gasteiger partial charge in [0.2, 0.25) is 5.95 Å². The maximum atomic E-state index is 14.8. The highest BCUT2D eigenvalue weighted by atomic mass is 19.4. The molecule has 0 radical (unpaired) electrons. The number of aromatic nitrogens is 4. The first kappa shape index (κ1) is 23.2. The van der Waals surface area contributed by atoms with Crippen LogP contribution in [0.5, 0.6) is 11.5 Å². The van der Waals surface area contributed by atoms with E-state index in [9.17, 15) is 22.0 Å². The average Bonchev–Trinajstić information content (AvgIpc) is 3.15. The predicted molar refractivity (Wildman–Crippen MR) is 116 cm³/mol. The minimum absolute atomic E-state index is 0.0159. The first-order valence-corrected chi connectivity index (χ1v) is 9.95. The molecule has 0 aliphatic heterocycles. The van der Waals surface area contributed by atoms with Crippen molar-refractivity contribution < 1.29 is 26.7 Å². The van der Waals surface area contributed by atoms with Gasteiger partial charge >= 0.3 is 6.18 Å². The molecule has 0 saturated heterocycles. The van der Waals surface area contributed by atoms with Gasteiger partial charge in [-0.25, -0.2) is 18.7 Å². The third-order valence-corrected chi connectivity index (χ3v) is 4.84. The van der Waals surface area contributed by atoms with Crippen LogP contribution in [0.1, 0.15) is 32.0 Å². The third kappa shape index (κ3) is 4.56. The highest BCUT2D eigenvalue weighted by molar-refractivity contribution is 5.87. The maximum absolute atomic E-state index is 14.8. The smallest absolute Gasteiger partial charge is 0.418 e. The Morgan fingerprint density at radius 1 is 1.03 bits per heavy atom. The summed E-state index contributed by atoms with van der Waals surface area (Å²) in [6, 6.07) is 4.53. The van der Waals surface area contributed by atoms with E-state index in [2.05, 4.69) is 25.3 Å². The average molecular weight is 478 g/mol. The topological polar surface area (TPSA) is 102 Å². The largest absolute Gasteiger partial charge is 0.450 e. The van der Waals surface area contributed by atoms with E-state index in [1.165, 1.54) is 0 Å². The molecule has 4 rings (SSSR count). The summed E-state index contributed by atoms with van der Waals surface area (Å²) < 4.78 is 74.9. The zero-order valence-electron chi connectivity index (χ0n) is 18.2. The molecule has 0 unspecified atom stereocenters. The van der Waals surface area contributed by atoms with Crippen molar-refractivity contribution in [2.24, 2.45) is 0 Å². The fourth-order valence-corrected chi connectivity index (χ4v) is 3.24. The number of halogens is 5. The normalized spacial score (nSPS) is 12.2. The maximum Gasteiger partial charge on any atom is 0.418 e. The first-order valence-electron chi connectivity index (χ1n) is 9.95. The number of nitrogens with two attached hydrogens (primary N) is 1. The van der Waals surface area contributed by atoms with Gasteiger partial charge in [0, 0.05) is 41.7 Å². The van der Waals surface area contributed by atoms with E-state index < -0.39 is 40.3 Å². The van der Waals surface area contributed by atoms with Crippen LogP contribution in [0, 0.1) is 11.6 Å². The Bertz CT molecular complexity index is 1350. The van der Waals surface area contributed by atoms with Gasteiger partial charge < -0.3 is 20.8 Å². The summed E-state index contributed by atoms with van der Waals surface area (Å²) in [6.07, 6.45) is -2.86. The highest BCUT2D eigenvalue weighted by Crippen LogP contribution is 2.41. The minimum atomic E-state index is -4.73. The number of fused-ring (bicyclic) bond motifs is 1. The second-order valence-electron chi connectivity index (χ2n) is 8.48. The lowest BCUT2D eigenvalue weighted by Gasteiger charge is -2.19. The van der Waals surface area contributed by atoms with Gasteiger partial charge in [0.25, 0.3) is 0 Å². The molecule has 0 aliphatic rings. The summed E-state index contributed by atoms with van der Waals surface area (Å²) in [5.41, 5.74) is 4.77. The Hall–Kier alpha value is -3.96. The van der Waals surface area contributed by atoms with Crippen LogP contribution >= 0.6 is 0 Å². The molecule has 0 aliphatic carbocycles. The number of benzene rings is 1. The van der Waals surface area contributed by atoms with E-state index in [-0.39, 0.29) is 28.5 Å². The molecule has 7 nitrogen and oxygen atoms in total. The fourth-order valence-electron chi connectivity index (χ4n) is 3.24. The number of aromatic amines is 1. The van der Waals surface area contributed by atoms with Crippen molar-refractivity contribution >= 4 is 28.5 Å². The van der Waals surface area contributed by atoms with E-state index >= 15 is 0 Å². The Balaban J connectivity index is 1.68. The van der Waals surface area contributed by atoms with E-state index in [4.69, 9.17) is 10.5 Å². The van der Waals surface area contributed by atoms with Crippen LogP contribution in [0.2, 0.25) is 0 Å². The molecule has 0 amide bonds. The number of ether oxygens (including phenoxy) is 1. The zero-order valence-corrected chi connectivity index (χ0v) is 18.2. The van der Waals surface area contributed by atoms with Crippen molar-refractivity contribution in [1.82, 2.24) is 19.9 Å². The number of anilines is 3. The minimum Gasteiger partial charge on any atom is -0.450 e. The highest BCUT2D eigenvalue weighted by Gasteiger charge is 2.35. The van der Waals surface area contributed by atoms with Gasteiger partial charge in [-0.15, -0.1) is 0 Å². The number of hydrogen-bond donors (Lipinski definition) is 3. The van der Waals surface area contributed by atoms with Gasteiger partial charge in [0.05, 0.1) is 16.6 Å². The fraction of sp³-hybridized carbons (Fsp3) is 0.227. The molecule has 0 spiro atoms. The second-order valence-corrected chi connectivity index (χ2v) is 8.48. The van der Waals surface area contributed by atoms with Crippen LogP contribution < -0.4 is 15.8 Å². The number of nitrogens with zero attached hydrogens (tertiary/aromatic N) is 3. The summed E-state index contributed by atoms with van der Waals surface area (Å²) >= 11 is 0. The first-order chi connectivity index (χ1) is 15.8. The monoisotopic (exact) mass is 478 g/mol. The Labute approximate surface area is 190 Å². The van der Waals surface area contributed by atoms with Crippen molar-refractivity contribution in [2.45, 2.75) is 32.4 Å². The van der Waals surface area contributed by atoms with Crippen molar-refractivity contribution in [1.29, 1.82) is 0 Å². The SMILES string of the molecule is CC(C)(C)c1cc(Nc2cc(F)c(Oc3ccnc4[nH]cc(C(F)(F)F)c34)c(F)c2)nc(N)n1. The van der Waals surface area contributed by atoms with E-state index in [1.807, 2.05) is 20.8 Å². The molecule has 0 fully saturated rings. The zero-order chi connectivity index (χ0) is 24.8. The van der Waals surface area contributed by atoms with Gasteiger partial charge in [-0.05, 0) is 6.07 Å². The molecule has 4 N–H and O–H groups in total. The van der Waals surface area contributed by atoms with Crippen molar-refractivity contribution in [3.63, 3.8) is 0 Å². The number of nitrogens with one attached hydrogen (secondary N) is 2. The molecule has 0 saturated carbocycles. The number of alkyl halides is 3. The molecule has 12 heteroatoms. The van der Waals surface area contributed by atoms with Crippen LogP contribution in [0.4, 0.5) is 39.4 Å². The lowest BCUT2D eigenvalue weighted by molar-refractivity contribution is -0.136. The molecule has 0 bridgehead atoms. The number of H-pyrrole nitrogens is 1. The molecule has 34 heavy (non-hydrogen) atoms. The number of pyridine rings is 1. The number of nitrogen functional groups attached to an aromatic ring is 1. The van der Waals surface area contributed by atoms with Gasteiger partial charge in [0.1, 0.15) is 17.2 Å². The van der Waals surface area contributed by atoms with Crippen LogP contribution in [-0.4, -0.2) is 19.9 Å². The van der Waals surface area contributed by atoms with Gasteiger partial charge in [-0.1, -0.05) is 20.8 Å². The predicted octanol–water partition coefficient (Wildman–Crippen LogP) is 6.07. The van der Waals surface area contributed by atoms with E-state index in [1.54, 1.807) is 6.07 Å². The summed E-state index contributed by atoms with van der Waals surface area (Å²) in [6.45, 7) is 5.73. The molecular formula is C22H19F5N6O. The van der Waals surface area contributed by atoms with Crippen LogP contribution in [0.25, 0.3) is 11.0 Å². The molecule has 0 atom stereocenters. The van der Waals surface area contributed by atoms with Gasteiger partial charge in [0.15, 0.2) is 17.4 Å². The molecule has 178 valence electrons. The van der Waals surface area contributed by atoms with Crippen LogP contribution in [-0.2, 0) is 11.6 Å². The molecule has 3 aromatic heterocycles. The Morgan fingerprint density at radius 2 is 1.71 bits per heavy atom. The van der Waals surface area contributed by atoms with Crippen molar-refractivity contribution in [2.75, 3.05) is 11.1 Å². The summed E-state index contributed by atoms with van der Waals surface area (Å²) in [5, 5.41) is 2.31. The third-order valence-electron chi connectivity index (χ3n) is 4.84. The van der Waals surface area contributed by atoms with E-state index in [0.29, 0.717) is 11.9 Å². The second kappa shape index (κ2) is 8.12. The van der Waals surface area contributed by atoms with Crippen molar-refractivity contribution in [3.8, 4) is 11.5 Å². The Kier molecular flexibility index (Phi) is 5.54. The molecule has 1 aromatic carbocycles. The quantitative estimate of drug-likeness (QED) is 0.308. The standard InChI is InChI=1S/C22H19F5N6O/c1-21(2,3)15-8-16(33-20(28)32-15)31-10-6-12(23)18(13(24)7-10)34-14-4-5-29-19-17(14)11(9-30-19)22(25,26)27/h4-9H,1-3H3,(H,29,30)(H3,28,31,32,33). The number of hydrogen-bond acceptors (Lipinski definition) is 6.